The predicted molar refractivity (Wildman–Crippen MR) is 75.1 cm³/mol. The Hall–Kier alpha value is -1.85. The highest BCUT2D eigenvalue weighted by atomic mass is 35.5. The van der Waals surface area contributed by atoms with E-state index in [-0.39, 0.29) is 18.2 Å². The van der Waals surface area contributed by atoms with Crippen LogP contribution in [0.1, 0.15) is 15.2 Å². The summed E-state index contributed by atoms with van der Waals surface area (Å²) in [4.78, 5) is 23.8. The summed E-state index contributed by atoms with van der Waals surface area (Å²) in [5.41, 5.74) is 5.42. The van der Waals surface area contributed by atoms with Gasteiger partial charge >= 0.3 is 0 Å². The summed E-state index contributed by atoms with van der Waals surface area (Å²) < 4.78 is 0. The summed E-state index contributed by atoms with van der Waals surface area (Å²) in [7, 11) is 0. The molecule has 0 saturated carbocycles. The Kier molecular flexibility index (Phi) is 4.54. The van der Waals surface area contributed by atoms with Crippen molar-refractivity contribution in [3.05, 3.63) is 57.2 Å². The van der Waals surface area contributed by atoms with Crippen molar-refractivity contribution in [1.29, 1.82) is 0 Å². The van der Waals surface area contributed by atoms with Gasteiger partial charge in [0.15, 0.2) is 0 Å². The molecular formula is C13H11ClN2O2S. The molecule has 0 radical (unpaired) electrons. The average Bonchev–Trinajstić information content (AvgIpc) is 2.93. The van der Waals surface area contributed by atoms with Crippen LogP contribution in [0.3, 0.4) is 0 Å². The minimum Gasteiger partial charge on any atom is -0.273 e. The molecule has 4 nitrogen and oxygen atoms in total. The van der Waals surface area contributed by atoms with Gasteiger partial charge in [0.25, 0.3) is 5.91 Å². The van der Waals surface area contributed by atoms with Crippen molar-refractivity contribution < 1.29 is 9.59 Å². The van der Waals surface area contributed by atoms with Gasteiger partial charge in [0.1, 0.15) is 0 Å². The van der Waals surface area contributed by atoms with Gasteiger partial charge in [-0.25, -0.2) is 0 Å². The Bertz CT molecular complexity index is 584. The molecule has 0 unspecified atom stereocenters. The maximum atomic E-state index is 11.7. The van der Waals surface area contributed by atoms with Crippen LogP contribution in [0.2, 0.25) is 5.02 Å². The van der Waals surface area contributed by atoms with E-state index in [9.17, 15) is 9.59 Å². The Morgan fingerprint density at radius 1 is 1.11 bits per heavy atom. The third-order valence-electron chi connectivity index (χ3n) is 2.37. The quantitative estimate of drug-likeness (QED) is 0.854. The topological polar surface area (TPSA) is 58.2 Å². The molecule has 1 aromatic heterocycles. The maximum Gasteiger partial charge on any atom is 0.279 e. The van der Waals surface area contributed by atoms with E-state index in [4.69, 9.17) is 11.6 Å². The van der Waals surface area contributed by atoms with E-state index in [0.29, 0.717) is 15.5 Å². The van der Waals surface area contributed by atoms with Gasteiger partial charge < -0.3 is 0 Å². The van der Waals surface area contributed by atoms with Crippen LogP contribution in [0.5, 0.6) is 0 Å². The first kappa shape index (κ1) is 13.6. The molecule has 0 aliphatic rings. The molecule has 2 aromatic rings. The minimum absolute atomic E-state index is 0.115. The van der Waals surface area contributed by atoms with E-state index in [0.717, 1.165) is 0 Å². The molecule has 1 aromatic carbocycles. The van der Waals surface area contributed by atoms with Gasteiger partial charge in [0, 0.05) is 5.02 Å². The van der Waals surface area contributed by atoms with Crippen LogP contribution in [0.15, 0.2) is 41.8 Å². The molecule has 6 heteroatoms. The first-order chi connectivity index (χ1) is 9.16. The zero-order chi connectivity index (χ0) is 13.7. The van der Waals surface area contributed by atoms with Crippen LogP contribution in [-0.4, -0.2) is 11.8 Å². The van der Waals surface area contributed by atoms with E-state index >= 15 is 0 Å². The average molecular weight is 295 g/mol. The smallest absolute Gasteiger partial charge is 0.273 e. The Labute approximate surface area is 119 Å². The van der Waals surface area contributed by atoms with Crippen molar-refractivity contribution in [3.8, 4) is 0 Å². The van der Waals surface area contributed by atoms with Crippen LogP contribution < -0.4 is 10.9 Å². The number of carbonyl (C=O) groups is 2. The molecule has 2 amide bonds. The van der Waals surface area contributed by atoms with E-state index in [2.05, 4.69) is 10.9 Å². The third-order valence-corrected chi connectivity index (χ3v) is 3.61. The van der Waals surface area contributed by atoms with Crippen LogP contribution in [-0.2, 0) is 11.2 Å². The molecule has 0 spiro atoms. The molecule has 1 heterocycles. The summed E-state index contributed by atoms with van der Waals surface area (Å²) >= 11 is 7.25. The molecule has 19 heavy (non-hydrogen) atoms. The highest BCUT2D eigenvalue weighted by molar-refractivity contribution is 7.12. The molecule has 0 fully saturated rings. The highest BCUT2D eigenvalue weighted by Crippen LogP contribution is 2.15. The summed E-state index contributed by atoms with van der Waals surface area (Å²) in [6, 6.07) is 10.5. The van der Waals surface area contributed by atoms with Crippen LogP contribution in [0, 0.1) is 0 Å². The first-order valence-electron chi connectivity index (χ1n) is 5.53. The van der Waals surface area contributed by atoms with Crippen LogP contribution >= 0.6 is 22.9 Å². The molecule has 0 atom stereocenters. The number of hydrogen-bond donors (Lipinski definition) is 2. The Balaban J connectivity index is 1.86. The summed E-state index contributed by atoms with van der Waals surface area (Å²) in [5.74, 6) is -0.652. The Morgan fingerprint density at radius 3 is 2.58 bits per heavy atom. The lowest BCUT2D eigenvalue weighted by Gasteiger charge is -2.07. The first-order valence-corrected chi connectivity index (χ1v) is 6.78. The van der Waals surface area contributed by atoms with Crippen LogP contribution in [0.25, 0.3) is 0 Å². The van der Waals surface area contributed by atoms with Crippen molar-refractivity contribution in [2.45, 2.75) is 6.42 Å². The van der Waals surface area contributed by atoms with Gasteiger partial charge in [0.2, 0.25) is 5.91 Å². The fourth-order valence-corrected chi connectivity index (χ4v) is 2.28. The number of hydrazine groups is 1. The maximum absolute atomic E-state index is 11.7. The van der Waals surface area contributed by atoms with Gasteiger partial charge in [0.05, 0.1) is 11.3 Å². The fourth-order valence-electron chi connectivity index (χ4n) is 1.45. The summed E-state index contributed by atoms with van der Waals surface area (Å²) in [5, 5.41) is 2.32. The van der Waals surface area contributed by atoms with Crippen LogP contribution in [0.4, 0.5) is 0 Å². The number of nitrogens with one attached hydrogen (secondary N) is 2. The SMILES string of the molecule is O=C(Cc1ccccc1Cl)NNC(=O)c1cccs1. The van der Waals surface area contributed by atoms with Crippen molar-refractivity contribution >= 4 is 34.8 Å². The zero-order valence-corrected chi connectivity index (χ0v) is 11.4. The lowest BCUT2D eigenvalue weighted by atomic mass is 10.1. The van der Waals surface area contributed by atoms with Gasteiger partial charge in [-0.15, -0.1) is 11.3 Å². The molecule has 0 bridgehead atoms. The van der Waals surface area contributed by atoms with E-state index < -0.39 is 0 Å². The second-order valence-corrected chi connectivity index (χ2v) is 5.10. The molecule has 0 saturated heterocycles. The van der Waals surface area contributed by atoms with Crippen molar-refractivity contribution in [2.75, 3.05) is 0 Å². The minimum atomic E-state index is -0.331. The molecule has 0 aliphatic carbocycles. The van der Waals surface area contributed by atoms with Gasteiger partial charge in [-0.3, -0.25) is 20.4 Å². The van der Waals surface area contributed by atoms with E-state index in [1.54, 1.807) is 41.8 Å². The molecule has 98 valence electrons. The van der Waals surface area contributed by atoms with Crippen molar-refractivity contribution in [1.82, 2.24) is 10.9 Å². The lowest BCUT2D eigenvalue weighted by molar-refractivity contribution is -0.121. The van der Waals surface area contributed by atoms with Crippen molar-refractivity contribution in [3.63, 3.8) is 0 Å². The highest BCUT2D eigenvalue weighted by Gasteiger charge is 2.09. The molecule has 0 aliphatic heterocycles. The fraction of sp³-hybridized carbons (Fsp3) is 0.0769. The second-order valence-electron chi connectivity index (χ2n) is 3.75. The van der Waals surface area contributed by atoms with Gasteiger partial charge in [-0.2, -0.15) is 0 Å². The number of carbonyl (C=O) groups excluding carboxylic acids is 2. The number of amides is 2. The molecular weight excluding hydrogens is 284 g/mol. The number of halogens is 1. The predicted octanol–water partition coefficient (Wildman–Crippen LogP) is 2.41. The standard InChI is InChI=1S/C13H11ClN2O2S/c14-10-5-2-1-4-9(10)8-12(17)15-16-13(18)11-6-3-7-19-11/h1-7H,8H2,(H,15,17)(H,16,18). The van der Waals surface area contributed by atoms with Crippen molar-refractivity contribution in [2.24, 2.45) is 0 Å². The van der Waals surface area contributed by atoms with Gasteiger partial charge in [-0.05, 0) is 23.1 Å². The number of rotatable bonds is 3. The summed E-state index contributed by atoms with van der Waals surface area (Å²) in [6.07, 6.45) is 0.115. The normalized spacial score (nSPS) is 9.95. The lowest BCUT2D eigenvalue weighted by Crippen LogP contribution is -2.42. The molecule has 2 N–H and O–H groups in total. The van der Waals surface area contributed by atoms with E-state index in [1.807, 2.05) is 0 Å². The number of hydrogen-bond acceptors (Lipinski definition) is 3. The van der Waals surface area contributed by atoms with E-state index in [1.165, 1.54) is 11.3 Å². The third kappa shape index (κ3) is 3.81. The second kappa shape index (κ2) is 6.36. The van der Waals surface area contributed by atoms with Gasteiger partial charge in [-0.1, -0.05) is 35.9 Å². The monoisotopic (exact) mass is 294 g/mol. The largest absolute Gasteiger partial charge is 0.279 e. The summed E-state index contributed by atoms with van der Waals surface area (Å²) in [6.45, 7) is 0. The number of benzene rings is 1. The molecule has 2 rings (SSSR count). The number of thiophene rings is 1. The Morgan fingerprint density at radius 2 is 1.89 bits per heavy atom. The zero-order valence-electron chi connectivity index (χ0n) is 9.85.